The van der Waals surface area contributed by atoms with Crippen molar-refractivity contribution in [1.82, 2.24) is 10.3 Å². The first-order chi connectivity index (χ1) is 12.1. The number of benzene rings is 1. The Morgan fingerprint density at radius 2 is 2.04 bits per heavy atom. The average molecular weight is 340 g/mol. The van der Waals surface area contributed by atoms with E-state index in [2.05, 4.69) is 10.3 Å². The topological polar surface area (TPSA) is 62.0 Å². The van der Waals surface area contributed by atoms with Crippen molar-refractivity contribution in [2.75, 3.05) is 0 Å². The number of amides is 1. The molecule has 130 valence electrons. The molecule has 0 bridgehead atoms. The van der Waals surface area contributed by atoms with Gasteiger partial charge in [0.2, 0.25) is 11.5 Å². The van der Waals surface area contributed by atoms with Gasteiger partial charge in [-0.1, -0.05) is 18.6 Å². The first-order valence-corrected chi connectivity index (χ1v) is 8.88. The van der Waals surface area contributed by atoms with Crippen molar-refractivity contribution in [3.63, 3.8) is 0 Å². The van der Waals surface area contributed by atoms with Gasteiger partial charge in [-0.3, -0.25) is 9.59 Å². The smallest absolute Gasteiger partial charge is 0.248 e. The van der Waals surface area contributed by atoms with Gasteiger partial charge in [0.1, 0.15) is 5.82 Å². The molecule has 1 saturated carbocycles. The van der Waals surface area contributed by atoms with Gasteiger partial charge in [-0.05, 0) is 61.4 Å². The number of fused-ring (bicyclic) bond motifs is 1. The highest BCUT2D eigenvalue weighted by Gasteiger charge is 2.46. The summed E-state index contributed by atoms with van der Waals surface area (Å²) in [7, 11) is 0. The predicted octanol–water partition coefficient (Wildman–Crippen LogP) is 3.13. The van der Waals surface area contributed by atoms with Gasteiger partial charge in [-0.15, -0.1) is 0 Å². The summed E-state index contributed by atoms with van der Waals surface area (Å²) in [5, 5.41) is 3.17. The molecule has 2 aliphatic rings. The molecule has 0 aliphatic heterocycles. The van der Waals surface area contributed by atoms with Gasteiger partial charge in [-0.25, -0.2) is 4.39 Å². The van der Waals surface area contributed by atoms with Gasteiger partial charge in [-0.2, -0.15) is 0 Å². The highest BCUT2D eigenvalue weighted by Crippen LogP contribution is 2.45. The summed E-state index contributed by atoms with van der Waals surface area (Å²) < 4.78 is 13.6. The number of carbonyl (C=O) groups excluding carboxylic acids is 1. The lowest BCUT2D eigenvalue weighted by atomic mass is 9.63. The summed E-state index contributed by atoms with van der Waals surface area (Å²) in [6.45, 7) is 0. The second-order valence-corrected chi connectivity index (χ2v) is 7.12. The van der Waals surface area contributed by atoms with E-state index in [4.69, 9.17) is 0 Å². The van der Waals surface area contributed by atoms with Crippen molar-refractivity contribution in [3.05, 3.63) is 69.4 Å². The van der Waals surface area contributed by atoms with Crippen LogP contribution in [0.25, 0.3) is 0 Å². The van der Waals surface area contributed by atoms with Crippen LogP contribution in [0.2, 0.25) is 0 Å². The summed E-state index contributed by atoms with van der Waals surface area (Å²) in [5.74, 6) is -0.342. The third-order valence-corrected chi connectivity index (χ3v) is 5.66. The number of rotatable bonds is 3. The largest absolute Gasteiger partial charge is 0.348 e. The summed E-state index contributed by atoms with van der Waals surface area (Å²) in [5.41, 5.74) is 1.93. The molecule has 2 aliphatic carbocycles. The van der Waals surface area contributed by atoms with E-state index < -0.39 is 5.41 Å². The SMILES string of the molecule is O=C(N[C@H]1CCCc2[nH]c(=O)ccc21)C1(c2cccc(F)c2)CCC1. The molecule has 0 radical (unpaired) electrons. The van der Waals surface area contributed by atoms with E-state index in [0.29, 0.717) is 0 Å². The molecule has 0 saturated heterocycles. The fourth-order valence-electron chi connectivity index (χ4n) is 4.11. The zero-order valence-corrected chi connectivity index (χ0v) is 14.0. The van der Waals surface area contributed by atoms with Gasteiger partial charge >= 0.3 is 0 Å². The number of H-pyrrole nitrogens is 1. The Bertz CT molecular complexity index is 870. The lowest BCUT2D eigenvalue weighted by molar-refractivity contribution is -0.130. The van der Waals surface area contributed by atoms with Crippen molar-refractivity contribution in [2.45, 2.75) is 50.0 Å². The molecular formula is C20H21FN2O2. The molecule has 0 unspecified atom stereocenters. The Labute approximate surface area is 145 Å². The van der Waals surface area contributed by atoms with E-state index in [0.717, 1.165) is 55.3 Å². The third-order valence-electron chi connectivity index (χ3n) is 5.66. The van der Waals surface area contributed by atoms with Crippen LogP contribution >= 0.6 is 0 Å². The highest BCUT2D eigenvalue weighted by molar-refractivity contribution is 5.89. The lowest BCUT2D eigenvalue weighted by Gasteiger charge is -2.42. The van der Waals surface area contributed by atoms with Crippen LogP contribution in [0.5, 0.6) is 0 Å². The Morgan fingerprint density at radius 1 is 1.20 bits per heavy atom. The molecular weight excluding hydrogens is 319 g/mol. The van der Waals surface area contributed by atoms with Crippen LogP contribution in [-0.4, -0.2) is 10.9 Å². The number of aromatic amines is 1. The Balaban J connectivity index is 1.61. The number of hydrogen-bond acceptors (Lipinski definition) is 2. The Morgan fingerprint density at radius 3 is 2.76 bits per heavy atom. The van der Waals surface area contributed by atoms with Crippen LogP contribution in [0, 0.1) is 5.82 Å². The summed E-state index contributed by atoms with van der Waals surface area (Å²) in [4.78, 5) is 27.5. The average Bonchev–Trinajstić information content (AvgIpc) is 2.54. The van der Waals surface area contributed by atoms with Gasteiger partial charge in [0.25, 0.3) is 0 Å². The number of pyridine rings is 1. The van der Waals surface area contributed by atoms with Crippen molar-refractivity contribution < 1.29 is 9.18 Å². The standard InChI is InChI=1S/C20H21FN2O2/c21-14-5-1-4-13(12-14)20(10-3-11-20)19(25)23-17-7-2-6-16-15(17)8-9-18(24)22-16/h1,4-5,8-9,12,17H,2-3,6-7,10-11H2,(H,22,24)(H,23,25)/t17-/m0/s1. The maximum atomic E-state index is 13.6. The molecule has 1 atom stereocenters. The fraction of sp³-hybridized carbons (Fsp3) is 0.400. The van der Waals surface area contributed by atoms with Crippen LogP contribution in [0.15, 0.2) is 41.2 Å². The van der Waals surface area contributed by atoms with Crippen LogP contribution in [0.3, 0.4) is 0 Å². The van der Waals surface area contributed by atoms with Crippen molar-refractivity contribution in [3.8, 4) is 0 Å². The first kappa shape index (κ1) is 16.1. The van der Waals surface area contributed by atoms with E-state index in [1.807, 2.05) is 12.1 Å². The summed E-state index contributed by atoms with van der Waals surface area (Å²) >= 11 is 0. The van der Waals surface area contributed by atoms with E-state index in [1.54, 1.807) is 6.07 Å². The molecule has 1 aromatic carbocycles. The van der Waals surface area contributed by atoms with Crippen LogP contribution in [-0.2, 0) is 16.6 Å². The fourth-order valence-corrected chi connectivity index (χ4v) is 4.11. The Hall–Kier alpha value is -2.43. The van der Waals surface area contributed by atoms with Crippen LogP contribution in [0.1, 0.15) is 55.0 Å². The second-order valence-electron chi connectivity index (χ2n) is 7.12. The minimum atomic E-state index is -0.623. The minimum absolute atomic E-state index is 0.0339. The minimum Gasteiger partial charge on any atom is -0.348 e. The molecule has 2 N–H and O–H groups in total. The van der Waals surface area contributed by atoms with E-state index >= 15 is 0 Å². The number of hydrogen-bond donors (Lipinski definition) is 2. The molecule has 1 amide bonds. The monoisotopic (exact) mass is 340 g/mol. The van der Waals surface area contributed by atoms with Crippen molar-refractivity contribution >= 4 is 5.91 Å². The predicted molar refractivity (Wildman–Crippen MR) is 92.8 cm³/mol. The zero-order valence-electron chi connectivity index (χ0n) is 14.0. The van der Waals surface area contributed by atoms with E-state index in [-0.39, 0.29) is 23.3 Å². The van der Waals surface area contributed by atoms with Gasteiger partial charge in [0, 0.05) is 11.8 Å². The van der Waals surface area contributed by atoms with E-state index in [1.165, 1.54) is 18.2 Å². The van der Waals surface area contributed by atoms with Crippen LogP contribution < -0.4 is 10.9 Å². The number of halogens is 1. The van der Waals surface area contributed by atoms with Crippen molar-refractivity contribution in [1.29, 1.82) is 0 Å². The van der Waals surface area contributed by atoms with Crippen LogP contribution in [0.4, 0.5) is 4.39 Å². The molecule has 4 rings (SSSR count). The summed E-state index contributed by atoms with van der Waals surface area (Å²) in [6.07, 6.45) is 5.06. The molecule has 1 aromatic heterocycles. The molecule has 0 spiro atoms. The molecule has 5 heteroatoms. The lowest BCUT2D eigenvalue weighted by Crippen LogP contribution is -2.50. The highest BCUT2D eigenvalue weighted by atomic mass is 19.1. The molecule has 2 aromatic rings. The zero-order chi connectivity index (χ0) is 17.4. The van der Waals surface area contributed by atoms with Gasteiger partial charge in [0.15, 0.2) is 0 Å². The molecule has 1 heterocycles. The normalized spacial score (nSPS) is 21.1. The number of carbonyl (C=O) groups is 1. The number of aromatic nitrogens is 1. The maximum Gasteiger partial charge on any atom is 0.248 e. The van der Waals surface area contributed by atoms with Gasteiger partial charge < -0.3 is 10.3 Å². The molecule has 25 heavy (non-hydrogen) atoms. The van der Waals surface area contributed by atoms with Crippen molar-refractivity contribution in [2.24, 2.45) is 0 Å². The quantitative estimate of drug-likeness (QED) is 0.902. The molecule has 4 nitrogen and oxygen atoms in total. The second kappa shape index (κ2) is 6.14. The molecule has 1 fully saturated rings. The first-order valence-electron chi connectivity index (χ1n) is 8.88. The number of nitrogens with one attached hydrogen (secondary N) is 2. The summed E-state index contributed by atoms with van der Waals surface area (Å²) in [6, 6.07) is 9.61. The van der Waals surface area contributed by atoms with E-state index in [9.17, 15) is 14.0 Å². The maximum absolute atomic E-state index is 13.6. The third kappa shape index (κ3) is 2.77. The Kier molecular flexibility index (Phi) is 3.94. The number of aryl methyl sites for hydroxylation is 1. The van der Waals surface area contributed by atoms with Gasteiger partial charge in [0.05, 0.1) is 11.5 Å².